The molecule has 0 spiro atoms. The van der Waals surface area contributed by atoms with Crippen LogP contribution in [0.4, 0.5) is 11.4 Å². The molecular formula is C14H18N4O5. The van der Waals surface area contributed by atoms with Crippen molar-refractivity contribution in [2.75, 3.05) is 0 Å². The van der Waals surface area contributed by atoms with Gasteiger partial charge in [-0.2, -0.15) is 5.10 Å². The van der Waals surface area contributed by atoms with E-state index in [9.17, 15) is 25.0 Å². The summed E-state index contributed by atoms with van der Waals surface area (Å²) in [7, 11) is 0. The summed E-state index contributed by atoms with van der Waals surface area (Å²) >= 11 is 0. The number of hydrazone groups is 1. The first-order valence-corrected chi connectivity index (χ1v) is 7.22. The van der Waals surface area contributed by atoms with Gasteiger partial charge >= 0.3 is 0 Å². The summed E-state index contributed by atoms with van der Waals surface area (Å²) in [5.41, 5.74) is 0.835. The van der Waals surface area contributed by atoms with Crippen LogP contribution in [0.25, 0.3) is 0 Å². The van der Waals surface area contributed by atoms with E-state index in [1.807, 2.05) is 0 Å². The average Bonchev–Trinajstić information content (AvgIpc) is 2.53. The van der Waals surface area contributed by atoms with Crippen LogP contribution in [0.15, 0.2) is 23.3 Å². The number of amides is 1. The van der Waals surface area contributed by atoms with E-state index >= 15 is 0 Å². The van der Waals surface area contributed by atoms with Crippen LogP contribution in [0.2, 0.25) is 0 Å². The lowest BCUT2D eigenvalue weighted by molar-refractivity contribution is -0.394. The van der Waals surface area contributed by atoms with Crippen LogP contribution in [0.3, 0.4) is 0 Å². The number of carbonyl (C=O) groups excluding carboxylic acids is 1. The van der Waals surface area contributed by atoms with Crippen LogP contribution in [0, 0.1) is 20.2 Å². The molecule has 9 heteroatoms. The Hall–Kier alpha value is -2.84. The van der Waals surface area contributed by atoms with Crippen molar-refractivity contribution in [3.63, 3.8) is 0 Å². The highest BCUT2D eigenvalue weighted by Gasteiger charge is 2.23. The molecule has 23 heavy (non-hydrogen) atoms. The van der Waals surface area contributed by atoms with Crippen molar-refractivity contribution in [1.82, 2.24) is 5.43 Å². The standard InChI is InChI=1S/C14H18N4O5/c1-2-3-4-5-6-9-15-16-14(19)12-8-7-11(17(20)21)10-13(12)18(22)23/h7-10H,2-6H2,1H3,(H,16,19)/b15-9+. The van der Waals surface area contributed by atoms with Crippen molar-refractivity contribution in [3.8, 4) is 0 Å². The largest absolute Gasteiger partial charge is 0.289 e. The second kappa shape index (κ2) is 9.23. The summed E-state index contributed by atoms with van der Waals surface area (Å²) < 4.78 is 0. The van der Waals surface area contributed by atoms with E-state index in [4.69, 9.17) is 0 Å². The molecule has 0 atom stereocenters. The van der Waals surface area contributed by atoms with Gasteiger partial charge in [-0.05, 0) is 18.9 Å². The second-order valence-corrected chi connectivity index (χ2v) is 4.82. The Morgan fingerprint density at radius 3 is 2.57 bits per heavy atom. The van der Waals surface area contributed by atoms with Crippen LogP contribution in [-0.2, 0) is 0 Å². The molecule has 0 aliphatic rings. The molecule has 0 saturated carbocycles. The Balaban J connectivity index is 2.70. The number of non-ortho nitro benzene ring substituents is 1. The average molecular weight is 322 g/mol. The van der Waals surface area contributed by atoms with E-state index in [0.29, 0.717) is 6.42 Å². The normalized spacial score (nSPS) is 10.7. The van der Waals surface area contributed by atoms with Crippen LogP contribution in [-0.4, -0.2) is 22.0 Å². The van der Waals surface area contributed by atoms with E-state index < -0.39 is 27.1 Å². The number of benzene rings is 1. The number of nitrogens with one attached hydrogen (secondary N) is 1. The van der Waals surface area contributed by atoms with Gasteiger partial charge in [-0.3, -0.25) is 25.0 Å². The van der Waals surface area contributed by atoms with Gasteiger partial charge in [-0.15, -0.1) is 0 Å². The Morgan fingerprint density at radius 2 is 1.96 bits per heavy atom. The lowest BCUT2D eigenvalue weighted by atomic mass is 10.1. The maximum atomic E-state index is 11.9. The first-order valence-electron chi connectivity index (χ1n) is 7.22. The van der Waals surface area contributed by atoms with Crippen molar-refractivity contribution in [3.05, 3.63) is 44.0 Å². The molecule has 0 saturated heterocycles. The quantitative estimate of drug-likeness (QED) is 0.323. The minimum atomic E-state index is -0.837. The molecule has 0 heterocycles. The topological polar surface area (TPSA) is 128 Å². The predicted molar refractivity (Wildman–Crippen MR) is 84.5 cm³/mol. The van der Waals surface area contributed by atoms with Crippen LogP contribution in [0.1, 0.15) is 49.4 Å². The number of hydrogen-bond acceptors (Lipinski definition) is 6. The number of nitro groups is 2. The Kier molecular flexibility index (Phi) is 7.31. The number of rotatable bonds is 9. The van der Waals surface area contributed by atoms with Crippen LogP contribution >= 0.6 is 0 Å². The van der Waals surface area contributed by atoms with E-state index in [-0.39, 0.29) is 5.56 Å². The molecule has 0 aliphatic carbocycles. The van der Waals surface area contributed by atoms with Gasteiger partial charge in [-0.1, -0.05) is 26.2 Å². The number of nitro benzene ring substituents is 2. The van der Waals surface area contributed by atoms with Gasteiger partial charge in [0.15, 0.2) is 0 Å². The molecule has 0 fully saturated rings. The van der Waals surface area contributed by atoms with E-state index in [0.717, 1.165) is 43.9 Å². The Bertz CT molecular complexity index is 615. The highest BCUT2D eigenvalue weighted by molar-refractivity contribution is 5.98. The van der Waals surface area contributed by atoms with Crippen molar-refractivity contribution >= 4 is 23.5 Å². The summed E-state index contributed by atoms with van der Waals surface area (Å²) in [6, 6.07) is 2.84. The van der Waals surface area contributed by atoms with E-state index in [1.165, 1.54) is 6.21 Å². The number of unbranched alkanes of at least 4 members (excludes halogenated alkanes) is 4. The third kappa shape index (κ3) is 5.81. The summed E-state index contributed by atoms with van der Waals surface area (Å²) in [5.74, 6) is -0.781. The highest BCUT2D eigenvalue weighted by atomic mass is 16.6. The molecule has 1 rings (SSSR count). The Morgan fingerprint density at radius 1 is 1.22 bits per heavy atom. The van der Waals surface area contributed by atoms with Gasteiger partial charge in [0, 0.05) is 12.3 Å². The van der Waals surface area contributed by atoms with Crippen LogP contribution < -0.4 is 5.43 Å². The SMILES string of the molecule is CCCCCC/C=N/NC(=O)c1ccc([N+](=O)[O-])cc1[N+](=O)[O-]. The fourth-order valence-corrected chi connectivity index (χ4v) is 1.87. The molecule has 1 aromatic carbocycles. The third-order valence-electron chi connectivity index (χ3n) is 3.08. The lowest BCUT2D eigenvalue weighted by Crippen LogP contribution is -2.19. The van der Waals surface area contributed by atoms with Crippen molar-refractivity contribution < 1.29 is 14.6 Å². The van der Waals surface area contributed by atoms with Crippen molar-refractivity contribution in [1.29, 1.82) is 0 Å². The number of nitrogens with zero attached hydrogens (tertiary/aromatic N) is 3. The minimum absolute atomic E-state index is 0.274. The molecule has 124 valence electrons. The zero-order chi connectivity index (χ0) is 17.2. The lowest BCUT2D eigenvalue weighted by Gasteiger charge is -2.01. The zero-order valence-corrected chi connectivity index (χ0v) is 12.7. The summed E-state index contributed by atoms with van der Waals surface area (Å²) in [5, 5.41) is 25.3. The second-order valence-electron chi connectivity index (χ2n) is 4.82. The van der Waals surface area contributed by atoms with Crippen LogP contribution in [0.5, 0.6) is 0 Å². The fourth-order valence-electron chi connectivity index (χ4n) is 1.87. The minimum Gasteiger partial charge on any atom is -0.267 e. The zero-order valence-electron chi connectivity index (χ0n) is 12.7. The van der Waals surface area contributed by atoms with Gasteiger partial charge < -0.3 is 0 Å². The molecule has 0 aromatic heterocycles. The molecule has 1 amide bonds. The molecule has 0 aliphatic heterocycles. The molecule has 0 unspecified atom stereocenters. The fraction of sp³-hybridized carbons (Fsp3) is 0.429. The predicted octanol–water partition coefficient (Wildman–Crippen LogP) is 3.19. The molecule has 9 nitrogen and oxygen atoms in total. The maximum Gasteiger partial charge on any atom is 0.289 e. The monoisotopic (exact) mass is 322 g/mol. The number of hydrogen-bond donors (Lipinski definition) is 1. The first kappa shape index (κ1) is 18.2. The molecule has 0 radical (unpaired) electrons. The van der Waals surface area contributed by atoms with Gasteiger partial charge in [0.2, 0.25) is 0 Å². The Labute approximate surface area is 132 Å². The molecule has 0 bridgehead atoms. The van der Waals surface area contributed by atoms with Gasteiger partial charge in [0.25, 0.3) is 17.3 Å². The van der Waals surface area contributed by atoms with Gasteiger partial charge in [0.1, 0.15) is 5.56 Å². The van der Waals surface area contributed by atoms with Gasteiger partial charge in [0.05, 0.1) is 15.9 Å². The summed E-state index contributed by atoms with van der Waals surface area (Å²) in [6.07, 6.45) is 6.51. The van der Waals surface area contributed by atoms with Crippen molar-refractivity contribution in [2.24, 2.45) is 5.10 Å². The molecule has 1 aromatic rings. The number of carbonyl (C=O) groups is 1. The van der Waals surface area contributed by atoms with E-state index in [1.54, 1.807) is 0 Å². The van der Waals surface area contributed by atoms with Crippen molar-refractivity contribution in [2.45, 2.75) is 39.0 Å². The third-order valence-corrected chi connectivity index (χ3v) is 3.08. The highest BCUT2D eigenvalue weighted by Crippen LogP contribution is 2.24. The summed E-state index contributed by atoms with van der Waals surface area (Å²) in [4.78, 5) is 31.9. The maximum absolute atomic E-state index is 11.9. The molecular weight excluding hydrogens is 304 g/mol. The molecule has 1 N–H and O–H groups in total. The summed E-state index contributed by atoms with van der Waals surface area (Å²) in [6.45, 7) is 2.10. The van der Waals surface area contributed by atoms with E-state index in [2.05, 4.69) is 17.5 Å². The smallest absolute Gasteiger partial charge is 0.267 e. The van der Waals surface area contributed by atoms with Gasteiger partial charge in [-0.25, -0.2) is 5.43 Å². The first-order chi connectivity index (χ1) is 11.0.